The third-order valence-electron chi connectivity index (χ3n) is 8.50. The van der Waals surface area contributed by atoms with E-state index < -0.39 is 64.7 Å². The number of carbonyl (C=O) groups excluding carboxylic acids is 4. The van der Waals surface area contributed by atoms with Crippen molar-refractivity contribution in [1.82, 2.24) is 4.90 Å². The van der Waals surface area contributed by atoms with Crippen LogP contribution >= 0.6 is 0 Å². The number of fused-ring (bicyclic) bond motifs is 3. The van der Waals surface area contributed by atoms with E-state index in [9.17, 15) is 34.5 Å². The molecule has 38 heavy (non-hydrogen) atoms. The summed E-state index contributed by atoms with van der Waals surface area (Å²) in [7, 11) is 3.20. The van der Waals surface area contributed by atoms with Crippen LogP contribution in [0, 0.1) is 35.0 Å². The van der Waals surface area contributed by atoms with Gasteiger partial charge in [-0.05, 0) is 67.7 Å². The predicted molar refractivity (Wildman–Crippen MR) is 133 cm³/mol. The van der Waals surface area contributed by atoms with E-state index in [0.717, 1.165) is 0 Å². The second-order valence-electron chi connectivity index (χ2n) is 10.6. The average Bonchev–Trinajstić information content (AvgIpc) is 2.86. The molecule has 5 N–H and O–H groups in total. The molecule has 3 aliphatic rings. The van der Waals surface area contributed by atoms with Crippen LogP contribution in [0.1, 0.15) is 27.9 Å². The maximum absolute atomic E-state index is 13.9. The molecule has 7 atom stereocenters. The van der Waals surface area contributed by atoms with Crippen molar-refractivity contribution in [2.45, 2.75) is 30.6 Å². The van der Waals surface area contributed by atoms with E-state index in [-0.39, 0.29) is 24.2 Å². The van der Waals surface area contributed by atoms with Gasteiger partial charge in [-0.25, -0.2) is 0 Å². The van der Waals surface area contributed by atoms with Crippen LogP contribution in [0.15, 0.2) is 36.4 Å². The van der Waals surface area contributed by atoms with Gasteiger partial charge >= 0.3 is 0 Å². The minimum atomic E-state index is -2.69. The van der Waals surface area contributed by atoms with Crippen LogP contribution in [-0.4, -0.2) is 75.3 Å². The van der Waals surface area contributed by atoms with Gasteiger partial charge in [0.15, 0.2) is 23.0 Å². The molecule has 3 unspecified atom stereocenters. The number of nitrogens with zero attached hydrogens (tertiary/aromatic N) is 2. The third kappa shape index (κ3) is 3.43. The molecular weight excluding hydrogens is 490 g/mol. The number of phenolic OH excluding ortho intramolecular Hbond substituents is 1. The number of likely N-dealkylation sites (N-methyl/N-ethyl adjacent to an activating group) is 1. The van der Waals surface area contributed by atoms with E-state index in [1.165, 1.54) is 6.07 Å². The zero-order valence-electron chi connectivity index (χ0n) is 20.8. The molecule has 2 saturated carbocycles. The van der Waals surface area contributed by atoms with Gasteiger partial charge in [-0.15, -0.1) is 0 Å². The minimum Gasteiger partial charge on any atom is -0.507 e. The topological polar surface area (TPSA) is 182 Å². The van der Waals surface area contributed by atoms with Gasteiger partial charge in [0.1, 0.15) is 11.7 Å². The first-order valence-corrected chi connectivity index (χ1v) is 12.3. The molecule has 10 heteroatoms. The van der Waals surface area contributed by atoms with E-state index in [1.54, 1.807) is 49.3 Å². The van der Waals surface area contributed by atoms with Crippen molar-refractivity contribution in [3.63, 3.8) is 0 Å². The number of ketones is 3. The van der Waals surface area contributed by atoms with Crippen LogP contribution in [0.4, 0.5) is 0 Å². The van der Waals surface area contributed by atoms with Crippen LogP contribution in [-0.2, 0) is 20.8 Å². The second kappa shape index (κ2) is 8.84. The molecular formula is C28H27N3O7. The fraction of sp³-hybridized carbons (Fsp3) is 0.393. The van der Waals surface area contributed by atoms with Gasteiger partial charge in [0.2, 0.25) is 5.91 Å². The molecule has 0 aromatic heterocycles. The Morgan fingerprint density at radius 2 is 1.76 bits per heavy atom. The molecule has 1 amide bonds. The van der Waals surface area contributed by atoms with Crippen molar-refractivity contribution in [2.24, 2.45) is 29.4 Å². The number of aliphatic hydroxyl groups excluding tert-OH is 1. The zero-order chi connectivity index (χ0) is 27.7. The van der Waals surface area contributed by atoms with Crippen LogP contribution < -0.4 is 5.73 Å². The summed E-state index contributed by atoms with van der Waals surface area (Å²) in [5, 5.41) is 42.4. The molecule has 0 radical (unpaired) electrons. The lowest BCUT2D eigenvalue weighted by Crippen LogP contribution is -2.75. The normalized spacial score (nSPS) is 32.3. The Bertz CT molecular complexity index is 1430. The molecule has 10 nitrogen and oxygen atoms in total. The van der Waals surface area contributed by atoms with Crippen molar-refractivity contribution in [2.75, 3.05) is 14.1 Å². The number of Topliss-reactive ketones (excluding diaryl/α,β-unsaturated/α-hetero) is 3. The third-order valence-corrected chi connectivity index (χ3v) is 8.50. The number of hydrogen-bond donors (Lipinski definition) is 4. The Balaban J connectivity index is 1.64. The summed E-state index contributed by atoms with van der Waals surface area (Å²) in [4.78, 5) is 54.7. The Kier molecular flexibility index (Phi) is 5.98. The summed E-state index contributed by atoms with van der Waals surface area (Å²) >= 11 is 0. The number of phenols is 1. The van der Waals surface area contributed by atoms with Crippen molar-refractivity contribution in [3.8, 4) is 22.9 Å². The monoisotopic (exact) mass is 517 g/mol. The number of aromatic hydroxyl groups is 1. The lowest BCUT2D eigenvalue weighted by molar-refractivity contribution is -0.190. The SMILES string of the molecule is CN(C)[C@H]1C(O)C(C(N)=O)C(=O)[C@]2(O)C(=O)C3C(=O)c4c(O)ccc(-c5ccc(C#N)cc5)c4C[C@@H]3C[C@H]12. The number of rotatable bonds is 3. The van der Waals surface area contributed by atoms with Gasteiger partial charge in [0.05, 0.1) is 29.2 Å². The minimum absolute atomic E-state index is 0.0394. The van der Waals surface area contributed by atoms with Crippen molar-refractivity contribution in [3.05, 3.63) is 53.1 Å². The first-order valence-electron chi connectivity index (χ1n) is 12.3. The van der Waals surface area contributed by atoms with Gasteiger partial charge in [-0.2, -0.15) is 5.26 Å². The molecule has 0 heterocycles. The lowest BCUT2D eigenvalue weighted by Gasteiger charge is -2.54. The van der Waals surface area contributed by atoms with Gasteiger partial charge in [-0.1, -0.05) is 18.2 Å². The summed E-state index contributed by atoms with van der Waals surface area (Å²) in [6.07, 6.45) is -1.32. The zero-order valence-corrected chi connectivity index (χ0v) is 20.8. The number of nitrogens with two attached hydrogens (primary N) is 1. The van der Waals surface area contributed by atoms with Gasteiger partial charge < -0.3 is 26.0 Å². The predicted octanol–water partition coefficient (Wildman–Crippen LogP) is 0.197. The number of primary amides is 1. The van der Waals surface area contributed by atoms with Crippen LogP contribution in [0.2, 0.25) is 0 Å². The van der Waals surface area contributed by atoms with Gasteiger partial charge in [0.25, 0.3) is 0 Å². The lowest BCUT2D eigenvalue weighted by atomic mass is 9.52. The van der Waals surface area contributed by atoms with Gasteiger partial charge in [-0.3, -0.25) is 19.2 Å². The van der Waals surface area contributed by atoms with Crippen LogP contribution in [0.25, 0.3) is 11.1 Å². The van der Waals surface area contributed by atoms with Crippen LogP contribution in [0.5, 0.6) is 5.75 Å². The summed E-state index contributed by atoms with van der Waals surface area (Å²) in [5.74, 6) is -9.38. The molecule has 2 aromatic carbocycles. The smallest absolute Gasteiger partial charge is 0.230 e. The summed E-state index contributed by atoms with van der Waals surface area (Å²) in [6, 6.07) is 10.8. The number of carbonyl (C=O) groups is 4. The van der Waals surface area contributed by atoms with Crippen molar-refractivity contribution < 1.29 is 34.5 Å². The molecule has 0 saturated heterocycles. The van der Waals surface area contributed by atoms with E-state index in [1.807, 2.05) is 0 Å². The highest BCUT2D eigenvalue weighted by atomic mass is 16.3. The Morgan fingerprint density at radius 1 is 1.11 bits per heavy atom. The number of hydrogen-bond acceptors (Lipinski definition) is 9. The number of nitriles is 1. The summed E-state index contributed by atoms with van der Waals surface area (Å²) in [6.45, 7) is 0. The molecule has 2 aromatic rings. The maximum atomic E-state index is 13.9. The fourth-order valence-corrected chi connectivity index (χ4v) is 6.82. The van der Waals surface area contributed by atoms with E-state index in [0.29, 0.717) is 22.3 Å². The highest BCUT2D eigenvalue weighted by Gasteiger charge is 2.69. The molecule has 5 rings (SSSR count). The largest absolute Gasteiger partial charge is 0.507 e. The highest BCUT2D eigenvalue weighted by Crippen LogP contribution is 2.52. The molecule has 3 aliphatic carbocycles. The average molecular weight is 518 g/mol. The highest BCUT2D eigenvalue weighted by molar-refractivity contribution is 6.25. The number of aliphatic hydroxyl groups is 2. The molecule has 0 aliphatic heterocycles. The summed E-state index contributed by atoms with van der Waals surface area (Å²) in [5.41, 5.74) is 4.99. The van der Waals surface area contributed by atoms with Crippen molar-refractivity contribution in [1.29, 1.82) is 5.26 Å². The Labute approximate surface area is 218 Å². The molecule has 196 valence electrons. The molecule has 2 fully saturated rings. The van der Waals surface area contributed by atoms with Gasteiger partial charge in [0, 0.05) is 12.0 Å². The van der Waals surface area contributed by atoms with Crippen molar-refractivity contribution >= 4 is 23.3 Å². The van der Waals surface area contributed by atoms with Crippen LogP contribution in [0.3, 0.4) is 0 Å². The number of benzene rings is 2. The van der Waals surface area contributed by atoms with E-state index >= 15 is 0 Å². The number of amides is 1. The fourth-order valence-electron chi connectivity index (χ4n) is 6.82. The Hall–Kier alpha value is -3.91. The summed E-state index contributed by atoms with van der Waals surface area (Å²) < 4.78 is 0. The first-order chi connectivity index (χ1) is 17.9. The standard InChI is InChI=1S/C28H27N3O7/c1-31(2)22-17-10-14-9-16-15(13-5-3-12(11-29)4-6-13)7-8-18(32)20(16)23(33)19(14)25(35)28(17,38)26(36)21(24(22)34)27(30)37/h3-8,14,17,19,21-22,24,32,34,38H,9-10H2,1-2H3,(H2,30,37)/t14-,17-,19?,21?,22-,24?,28-/m1/s1. The molecule has 0 bridgehead atoms. The second-order valence-corrected chi connectivity index (χ2v) is 10.6. The Morgan fingerprint density at radius 3 is 2.34 bits per heavy atom. The van der Waals surface area contributed by atoms with E-state index in [4.69, 9.17) is 11.0 Å². The molecule has 0 spiro atoms. The quantitative estimate of drug-likeness (QED) is 0.413. The maximum Gasteiger partial charge on any atom is 0.230 e. The first kappa shape index (κ1) is 25.7. The van der Waals surface area contributed by atoms with E-state index in [2.05, 4.69) is 6.07 Å².